The predicted molar refractivity (Wildman–Crippen MR) is 153 cm³/mol. The Labute approximate surface area is 234 Å². The van der Waals surface area contributed by atoms with Crippen molar-refractivity contribution < 1.29 is 9.18 Å². The van der Waals surface area contributed by atoms with Gasteiger partial charge >= 0.3 is 0 Å². The van der Waals surface area contributed by atoms with Crippen LogP contribution in [0.15, 0.2) is 70.8 Å². The first-order chi connectivity index (χ1) is 19.4. The summed E-state index contributed by atoms with van der Waals surface area (Å²) in [4.78, 5) is 36.5. The van der Waals surface area contributed by atoms with E-state index in [2.05, 4.69) is 27.1 Å². The lowest BCUT2D eigenvalue weighted by molar-refractivity contribution is -0.132. The van der Waals surface area contributed by atoms with Crippen molar-refractivity contribution in [2.45, 2.75) is 26.8 Å². The maximum absolute atomic E-state index is 13.8. The van der Waals surface area contributed by atoms with Gasteiger partial charge in [-0.25, -0.2) is 14.1 Å². The van der Waals surface area contributed by atoms with E-state index < -0.39 is 0 Å². The lowest BCUT2D eigenvalue weighted by Gasteiger charge is -2.34. The summed E-state index contributed by atoms with van der Waals surface area (Å²) >= 11 is 1.35. The number of thiazole rings is 1. The van der Waals surface area contributed by atoms with Crippen LogP contribution in [0.25, 0.3) is 21.9 Å². The zero-order valence-corrected chi connectivity index (χ0v) is 23.2. The summed E-state index contributed by atoms with van der Waals surface area (Å²) in [6.07, 6.45) is 0.125. The van der Waals surface area contributed by atoms with Crippen LogP contribution in [-0.2, 0) is 17.8 Å². The maximum atomic E-state index is 13.8. The largest absolute Gasteiger partial charge is 0.340 e. The Bertz CT molecular complexity index is 1750. The molecule has 0 N–H and O–H groups in total. The monoisotopic (exact) mass is 556 g/mol. The molecule has 0 aliphatic carbocycles. The molecular weight excluding hydrogens is 527 g/mol. The molecule has 0 unspecified atom stereocenters. The van der Waals surface area contributed by atoms with E-state index in [0.29, 0.717) is 46.4 Å². The number of aryl methyl sites for hydroxylation is 2. The molecule has 1 aliphatic rings. The third-order valence-corrected chi connectivity index (χ3v) is 8.20. The Hall–Kier alpha value is -4.15. The first-order valence-electron chi connectivity index (χ1n) is 13.2. The highest BCUT2D eigenvalue weighted by atomic mass is 32.1. The van der Waals surface area contributed by atoms with Crippen molar-refractivity contribution in [2.24, 2.45) is 0 Å². The number of piperazine rings is 1. The molecular formula is C30H29FN6O2S. The van der Waals surface area contributed by atoms with Crippen LogP contribution in [0, 0.1) is 19.7 Å². The molecule has 1 fully saturated rings. The first kappa shape index (κ1) is 26.1. The number of aromatic nitrogens is 4. The van der Waals surface area contributed by atoms with Crippen LogP contribution in [-0.4, -0.2) is 61.1 Å². The lowest BCUT2D eigenvalue weighted by Crippen LogP contribution is -2.48. The molecule has 204 valence electrons. The molecule has 10 heteroatoms. The Morgan fingerprint density at radius 1 is 1.00 bits per heavy atom. The topological polar surface area (TPSA) is 75.7 Å². The van der Waals surface area contributed by atoms with Gasteiger partial charge in [-0.2, -0.15) is 5.10 Å². The summed E-state index contributed by atoms with van der Waals surface area (Å²) in [6.45, 7) is 7.44. The summed E-state index contributed by atoms with van der Waals surface area (Å²) in [6, 6.07) is 18.3. The van der Waals surface area contributed by atoms with E-state index in [1.807, 2.05) is 35.4 Å². The summed E-state index contributed by atoms with van der Waals surface area (Å²) in [5, 5.41) is 6.47. The Kier molecular flexibility index (Phi) is 7.03. The van der Waals surface area contributed by atoms with Gasteiger partial charge in [-0.1, -0.05) is 36.4 Å². The van der Waals surface area contributed by atoms with Crippen molar-refractivity contribution in [1.29, 1.82) is 0 Å². The van der Waals surface area contributed by atoms with Crippen molar-refractivity contribution in [3.05, 3.63) is 105 Å². The third kappa shape index (κ3) is 5.07. The van der Waals surface area contributed by atoms with E-state index in [1.165, 1.54) is 33.4 Å². The molecule has 1 amide bonds. The van der Waals surface area contributed by atoms with Crippen molar-refractivity contribution >= 4 is 22.2 Å². The van der Waals surface area contributed by atoms with Crippen molar-refractivity contribution in [2.75, 3.05) is 26.2 Å². The minimum absolute atomic E-state index is 0.000636. The van der Waals surface area contributed by atoms with Crippen LogP contribution >= 0.6 is 11.3 Å². The van der Waals surface area contributed by atoms with E-state index in [1.54, 1.807) is 29.8 Å². The number of hydrogen-bond donors (Lipinski definition) is 0. The van der Waals surface area contributed by atoms with Gasteiger partial charge in [-0.15, -0.1) is 11.3 Å². The van der Waals surface area contributed by atoms with Gasteiger partial charge in [0.1, 0.15) is 11.5 Å². The molecule has 8 nitrogen and oxygen atoms in total. The minimum Gasteiger partial charge on any atom is -0.340 e. The summed E-state index contributed by atoms with van der Waals surface area (Å²) in [5.74, 6) is -0.363. The van der Waals surface area contributed by atoms with Crippen LogP contribution in [0.5, 0.6) is 0 Å². The van der Waals surface area contributed by atoms with E-state index >= 15 is 0 Å². The van der Waals surface area contributed by atoms with Crippen LogP contribution in [0.3, 0.4) is 0 Å². The predicted octanol–water partition coefficient (Wildman–Crippen LogP) is 4.25. The number of rotatable bonds is 6. The zero-order valence-electron chi connectivity index (χ0n) is 22.4. The molecule has 5 aromatic rings. The quantitative estimate of drug-likeness (QED) is 0.313. The fourth-order valence-electron chi connectivity index (χ4n) is 5.25. The highest BCUT2D eigenvalue weighted by Gasteiger charge is 2.24. The Morgan fingerprint density at radius 2 is 1.77 bits per heavy atom. The molecule has 4 heterocycles. The summed E-state index contributed by atoms with van der Waals surface area (Å²) in [7, 11) is 0. The number of carbonyl (C=O) groups excluding carboxylic acids is 1. The van der Waals surface area contributed by atoms with Crippen LogP contribution < -0.4 is 5.56 Å². The van der Waals surface area contributed by atoms with Crippen molar-refractivity contribution in [3.63, 3.8) is 0 Å². The molecule has 0 saturated carbocycles. The van der Waals surface area contributed by atoms with Crippen molar-refractivity contribution in [1.82, 2.24) is 29.0 Å². The molecule has 0 bridgehead atoms. The molecule has 40 heavy (non-hydrogen) atoms. The molecule has 3 aromatic heterocycles. The van der Waals surface area contributed by atoms with Gasteiger partial charge in [-0.05, 0) is 43.7 Å². The van der Waals surface area contributed by atoms with Gasteiger partial charge in [0, 0.05) is 49.5 Å². The Morgan fingerprint density at radius 3 is 2.52 bits per heavy atom. The second-order valence-electron chi connectivity index (χ2n) is 10.1. The minimum atomic E-state index is -0.363. The number of amides is 1. The molecule has 1 saturated heterocycles. The standard InChI is InChI=1S/C30H29FN6O2S/c1-20-15-26(33-37(20)24-10-6-9-23(31)16-24)28-21(2)32-30-36(29(28)39)25(19-40-30)17-27(38)35-13-11-34(12-14-35)18-22-7-4-3-5-8-22/h3-10,15-16,19H,11-14,17-18H2,1-2H3. The van der Waals surface area contributed by atoms with Gasteiger partial charge in [0.25, 0.3) is 5.56 Å². The van der Waals surface area contributed by atoms with E-state index in [4.69, 9.17) is 0 Å². The lowest BCUT2D eigenvalue weighted by atomic mass is 10.1. The van der Waals surface area contributed by atoms with E-state index in [-0.39, 0.29) is 23.7 Å². The van der Waals surface area contributed by atoms with Crippen molar-refractivity contribution in [3.8, 4) is 16.9 Å². The number of nitrogens with zero attached hydrogens (tertiary/aromatic N) is 6. The average Bonchev–Trinajstić information content (AvgIpc) is 3.52. The smallest absolute Gasteiger partial charge is 0.268 e. The van der Waals surface area contributed by atoms with Gasteiger partial charge in [0.05, 0.1) is 23.4 Å². The fourth-order valence-corrected chi connectivity index (χ4v) is 6.18. The maximum Gasteiger partial charge on any atom is 0.268 e. The number of benzene rings is 2. The Balaban J connectivity index is 1.23. The number of halogens is 1. The number of fused-ring (bicyclic) bond motifs is 1. The fraction of sp³-hybridized carbons (Fsp3) is 0.267. The normalized spacial score (nSPS) is 14.2. The molecule has 0 atom stereocenters. The van der Waals surface area contributed by atoms with Gasteiger partial charge in [-0.3, -0.25) is 18.9 Å². The van der Waals surface area contributed by atoms with Gasteiger partial charge < -0.3 is 4.90 Å². The molecule has 0 radical (unpaired) electrons. The third-order valence-electron chi connectivity index (χ3n) is 7.32. The highest BCUT2D eigenvalue weighted by Crippen LogP contribution is 2.24. The summed E-state index contributed by atoms with van der Waals surface area (Å²) < 4.78 is 17.0. The highest BCUT2D eigenvalue weighted by molar-refractivity contribution is 7.15. The first-order valence-corrected chi connectivity index (χ1v) is 14.1. The zero-order chi connectivity index (χ0) is 27.8. The SMILES string of the molecule is Cc1nc2scc(CC(=O)N3CCN(Cc4ccccc4)CC3)n2c(=O)c1-c1cc(C)n(-c2cccc(F)c2)n1. The molecule has 1 aliphatic heterocycles. The van der Waals surface area contributed by atoms with Crippen LogP contribution in [0.2, 0.25) is 0 Å². The molecule has 0 spiro atoms. The molecule has 2 aromatic carbocycles. The van der Waals surface area contributed by atoms with Crippen LogP contribution in [0.4, 0.5) is 4.39 Å². The average molecular weight is 557 g/mol. The van der Waals surface area contributed by atoms with E-state index in [9.17, 15) is 14.0 Å². The van der Waals surface area contributed by atoms with E-state index in [0.717, 1.165) is 25.3 Å². The molecule has 6 rings (SSSR count). The van der Waals surface area contributed by atoms with Gasteiger partial charge in [0.2, 0.25) is 5.91 Å². The second kappa shape index (κ2) is 10.8. The number of carbonyl (C=O) groups is 1. The van der Waals surface area contributed by atoms with Crippen LogP contribution in [0.1, 0.15) is 22.6 Å². The van der Waals surface area contributed by atoms with Gasteiger partial charge in [0.15, 0.2) is 4.96 Å². The second-order valence-corrected chi connectivity index (χ2v) is 10.9. The summed E-state index contributed by atoms with van der Waals surface area (Å²) in [5.41, 5.74) is 4.35. The number of hydrogen-bond acceptors (Lipinski definition) is 6.